The van der Waals surface area contributed by atoms with Gasteiger partial charge in [0, 0.05) is 29.3 Å². The average molecular weight is 542 g/mol. The summed E-state index contributed by atoms with van der Waals surface area (Å²) in [5, 5.41) is 22.0. The standard InChI is InChI=1S/C28H21F2N7O3/c29-19-7-3-1-6-17(19)15-37-25(22-9-10-40-36-22)13-23(35-37)27-31-14-20(30)26(34-27)33-24(28(38)39)12-18-11-16-5-2-4-8-21(16)32-18/h1-11,13-14,24,32H,12,15H2,(H,38,39)(H,31,33,34)/t24-/m0/s1. The number of hydrogen-bond donors (Lipinski definition) is 3. The van der Waals surface area contributed by atoms with Crippen LogP contribution >= 0.6 is 0 Å². The fourth-order valence-corrected chi connectivity index (χ4v) is 4.41. The number of aromatic amines is 1. The van der Waals surface area contributed by atoms with Gasteiger partial charge in [0.05, 0.1) is 18.4 Å². The first-order valence-electron chi connectivity index (χ1n) is 12.3. The number of carboxylic acid groups (broad SMARTS) is 1. The maximum atomic E-state index is 14.8. The summed E-state index contributed by atoms with van der Waals surface area (Å²) in [4.78, 5) is 23.6. The van der Waals surface area contributed by atoms with Crippen molar-refractivity contribution in [1.29, 1.82) is 0 Å². The van der Waals surface area contributed by atoms with E-state index in [2.05, 4.69) is 30.5 Å². The van der Waals surface area contributed by atoms with Crippen LogP contribution in [0.3, 0.4) is 0 Å². The second-order valence-electron chi connectivity index (χ2n) is 9.06. The molecule has 4 aromatic heterocycles. The molecule has 2 aromatic carbocycles. The maximum absolute atomic E-state index is 14.8. The lowest BCUT2D eigenvalue weighted by molar-refractivity contribution is -0.137. The van der Waals surface area contributed by atoms with Crippen LogP contribution < -0.4 is 5.32 Å². The number of benzene rings is 2. The largest absolute Gasteiger partial charge is 0.480 e. The van der Waals surface area contributed by atoms with Gasteiger partial charge in [-0.2, -0.15) is 5.10 Å². The number of anilines is 1. The molecule has 0 fully saturated rings. The third-order valence-corrected chi connectivity index (χ3v) is 6.35. The lowest BCUT2D eigenvalue weighted by Crippen LogP contribution is -2.32. The summed E-state index contributed by atoms with van der Waals surface area (Å²) >= 11 is 0. The lowest BCUT2D eigenvalue weighted by atomic mass is 10.1. The van der Waals surface area contributed by atoms with Gasteiger partial charge in [-0.1, -0.05) is 41.6 Å². The Balaban J connectivity index is 1.31. The van der Waals surface area contributed by atoms with E-state index >= 15 is 0 Å². The van der Waals surface area contributed by atoms with E-state index < -0.39 is 23.6 Å². The van der Waals surface area contributed by atoms with Crippen LogP contribution in [0.5, 0.6) is 0 Å². The van der Waals surface area contributed by atoms with E-state index in [0.29, 0.717) is 22.6 Å². The molecule has 40 heavy (non-hydrogen) atoms. The van der Waals surface area contributed by atoms with Gasteiger partial charge in [0.25, 0.3) is 0 Å². The third-order valence-electron chi connectivity index (χ3n) is 6.35. The van der Waals surface area contributed by atoms with Crippen LogP contribution in [0.15, 0.2) is 83.7 Å². The fraction of sp³-hybridized carbons (Fsp3) is 0.107. The molecule has 0 bridgehead atoms. The van der Waals surface area contributed by atoms with Gasteiger partial charge < -0.3 is 19.9 Å². The highest BCUT2D eigenvalue weighted by molar-refractivity contribution is 5.81. The van der Waals surface area contributed by atoms with Gasteiger partial charge in [-0.15, -0.1) is 0 Å². The Morgan fingerprint density at radius 1 is 1.05 bits per heavy atom. The summed E-state index contributed by atoms with van der Waals surface area (Å²) < 4.78 is 35.6. The van der Waals surface area contributed by atoms with Crippen LogP contribution in [0.2, 0.25) is 0 Å². The summed E-state index contributed by atoms with van der Waals surface area (Å²) in [7, 11) is 0. The first kappa shape index (κ1) is 24.9. The van der Waals surface area contributed by atoms with Crippen LogP contribution in [-0.2, 0) is 17.8 Å². The highest BCUT2D eigenvalue weighted by Gasteiger charge is 2.23. The summed E-state index contributed by atoms with van der Waals surface area (Å²) in [5.74, 6) is -2.66. The molecular formula is C28H21F2N7O3. The van der Waals surface area contributed by atoms with Gasteiger partial charge in [-0.3, -0.25) is 4.68 Å². The van der Waals surface area contributed by atoms with Crippen LogP contribution in [0.4, 0.5) is 14.6 Å². The number of aromatic nitrogens is 6. The van der Waals surface area contributed by atoms with Crippen LogP contribution in [0, 0.1) is 11.6 Å². The van der Waals surface area contributed by atoms with Crippen molar-refractivity contribution in [3.63, 3.8) is 0 Å². The Bertz CT molecular complexity index is 1780. The van der Waals surface area contributed by atoms with E-state index in [1.54, 1.807) is 30.3 Å². The highest BCUT2D eigenvalue weighted by atomic mass is 19.1. The molecule has 200 valence electrons. The van der Waals surface area contributed by atoms with Crippen LogP contribution in [0.25, 0.3) is 33.8 Å². The molecule has 12 heteroatoms. The molecule has 0 saturated heterocycles. The lowest BCUT2D eigenvalue weighted by Gasteiger charge is -2.15. The minimum absolute atomic E-state index is 0.0377. The van der Waals surface area contributed by atoms with Gasteiger partial charge in [0.15, 0.2) is 17.5 Å². The quantitative estimate of drug-likeness (QED) is 0.235. The van der Waals surface area contributed by atoms with Crippen molar-refractivity contribution in [1.82, 2.24) is 29.9 Å². The van der Waals surface area contributed by atoms with Crippen molar-refractivity contribution in [3.8, 4) is 22.9 Å². The van der Waals surface area contributed by atoms with E-state index in [1.807, 2.05) is 30.3 Å². The maximum Gasteiger partial charge on any atom is 0.326 e. The number of para-hydroxylation sites is 1. The molecule has 4 heterocycles. The number of hydrogen-bond acceptors (Lipinski definition) is 7. The van der Waals surface area contributed by atoms with Crippen LogP contribution in [-0.4, -0.2) is 47.0 Å². The molecule has 6 aromatic rings. The van der Waals surface area contributed by atoms with Crippen molar-refractivity contribution in [2.45, 2.75) is 19.0 Å². The Hall–Kier alpha value is -5.39. The molecule has 0 aliphatic heterocycles. The zero-order valence-corrected chi connectivity index (χ0v) is 20.8. The van der Waals surface area contributed by atoms with Gasteiger partial charge in [-0.25, -0.2) is 23.5 Å². The molecule has 0 radical (unpaired) electrons. The topological polar surface area (TPSA) is 135 Å². The molecule has 0 spiro atoms. The number of rotatable bonds is 9. The number of carbonyl (C=O) groups is 1. The molecule has 0 saturated carbocycles. The Morgan fingerprint density at radius 3 is 2.65 bits per heavy atom. The Kier molecular flexibility index (Phi) is 6.48. The Morgan fingerprint density at radius 2 is 1.88 bits per heavy atom. The minimum Gasteiger partial charge on any atom is -0.480 e. The number of carboxylic acids is 1. The molecule has 3 N–H and O–H groups in total. The molecule has 10 nitrogen and oxygen atoms in total. The molecule has 0 amide bonds. The van der Waals surface area contributed by atoms with Crippen molar-refractivity contribution in [2.75, 3.05) is 5.32 Å². The molecule has 1 atom stereocenters. The number of fused-ring (bicyclic) bond motifs is 1. The van der Waals surface area contributed by atoms with Gasteiger partial charge in [0.2, 0.25) is 0 Å². The molecule has 0 unspecified atom stereocenters. The zero-order chi connectivity index (χ0) is 27.6. The number of halogens is 2. The third kappa shape index (κ3) is 5.01. The summed E-state index contributed by atoms with van der Waals surface area (Å²) in [6, 6.07) is 17.8. The first-order chi connectivity index (χ1) is 19.4. The van der Waals surface area contributed by atoms with E-state index in [1.165, 1.54) is 17.0 Å². The van der Waals surface area contributed by atoms with Crippen molar-refractivity contribution in [3.05, 3.63) is 102 Å². The van der Waals surface area contributed by atoms with Gasteiger partial charge in [0.1, 0.15) is 29.5 Å². The summed E-state index contributed by atoms with van der Waals surface area (Å²) in [6.45, 7) is 0.0761. The van der Waals surface area contributed by atoms with E-state index in [0.717, 1.165) is 17.1 Å². The molecule has 0 aliphatic carbocycles. The van der Waals surface area contributed by atoms with E-state index in [9.17, 15) is 18.7 Å². The number of nitrogens with zero attached hydrogens (tertiary/aromatic N) is 5. The number of nitrogens with one attached hydrogen (secondary N) is 2. The molecular weight excluding hydrogens is 520 g/mol. The normalized spacial score (nSPS) is 12.1. The average Bonchev–Trinajstić information content (AvgIpc) is 3.70. The van der Waals surface area contributed by atoms with Gasteiger partial charge in [-0.05, 0) is 29.7 Å². The molecule has 0 aliphatic rings. The predicted molar refractivity (Wildman–Crippen MR) is 141 cm³/mol. The highest BCUT2D eigenvalue weighted by Crippen LogP contribution is 2.26. The summed E-state index contributed by atoms with van der Waals surface area (Å²) in [6.07, 6.45) is 2.39. The van der Waals surface area contributed by atoms with Crippen LogP contribution in [0.1, 0.15) is 11.3 Å². The first-order valence-corrected chi connectivity index (χ1v) is 12.3. The number of H-pyrrole nitrogens is 1. The predicted octanol–water partition coefficient (Wildman–Crippen LogP) is 4.91. The monoisotopic (exact) mass is 541 g/mol. The fourth-order valence-electron chi connectivity index (χ4n) is 4.41. The van der Waals surface area contributed by atoms with Gasteiger partial charge >= 0.3 is 5.97 Å². The van der Waals surface area contributed by atoms with E-state index in [-0.39, 0.29) is 30.3 Å². The Labute approximate surface area is 225 Å². The second-order valence-corrected chi connectivity index (χ2v) is 9.06. The zero-order valence-electron chi connectivity index (χ0n) is 20.8. The molecule has 6 rings (SSSR count). The van der Waals surface area contributed by atoms with Crippen molar-refractivity contribution >= 4 is 22.7 Å². The van der Waals surface area contributed by atoms with Crippen molar-refractivity contribution in [2.24, 2.45) is 0 Å². The van der Waals surface area contributed by atoms with E-state index in [4.69, 9.17) is 4.52 Å². The van der Waals surface area contributed by atoms with Crippen molar-refractivity contribution < 1.29 is 23.2 Å². The SMILES string of the molecule is O=C(O)[C@H](Cc1cc2ccccc2[nH]1)Nc1nc(-c2cc(-c3ccon3)n(Cc3ccccc3F)n2)ncc1F. The minimum atomic E-state index is -1.19. The summed E-state index contributed by atoms with van der Waals surface area (Å²) in [5.41, 5.74) is 3.12. The number of aliphatic carboxylic acids is 1. The second kappa shape index (κ2) is 10.4. The smallest absolute Gasteiger partial charge is 0.326 e.